The van der Waals surface area contributed by atoms with Crippen molar-refractivity contribution >= 4 is 28.3 Å². The summed E-state index contributed by atoms with van der Waals surface area (Å²) in [6.45, 7) is 2.79. The molecule has 22 heavy (non-hydrogen) atoms. The number of pyridine rings is 1. The summed E-state index contributed by atoms with van der Waals surface area (Å²) in [6.07, 6.45) is 0. The molecule has 3 rings (SSSR count). The molecule has 3 nitrogen and oxygen atoms in total. The lowest BCUT2D eigenvalue weighted by molar-refractivity contribution is 0.414. The van der Waals surface area contributed by atoms with Crippen LogP contribution in [-0.2, 0) is 6.54 Å². The summed E-state index contributed by atoms with van der Waals surface area (Å²) in [4.78, 5) is 4.63. The Balaban J connectivity index is 1.81. The number of methoxy groups -OCH3 is 1. The number of benzene rings is 2. The first-order valence-corrected chi connectivity index (χ1v) is 7.47. The van der Waals surface area contributed by atoms with Gasteiger partial charge in [0.2, 0.25) is 0 Å². The van der Waals surface area contributed by atoms with Crippen LogP contribution in [-0.4, -0.2) is 12.1 Å². The highest BCUT2D eigenvalue weighted by Crippen LogP contribution is 2.23. The Morgan fingerprint density at radius 1 is 1.09 bits per heavy atom. The Bertz CT molecular complexity index is 800. The Hall–Kier alpha value is -2.26. The molecule has 0 saturated heterocycles. The third-order valence-electron chi connectivity index (χ3n) is 3.61. The number of fused-ring (bicyclic) bond motifs is 1. The van der Waals surface area contributed by atoms with Crippen LogP contribution in [0.25, 0.3) is 10.9 Å². The summed E-state index contributed by atoms with van der Waals surface area (Å²) in [7, 11) is 1.67. The zero-order chi connectivity index (χ0) is 15.5. The molecule has 4 heteroatoms. The predicted molar refractivity (Wildman–Crippen MR) is 91.8 cm³/mol. The summed E-state index contributed by atoms with van der Waals surface area (Å²) in [5.41, 5.74) is 3.26. The molecule has 0 aliphatic rings. The molecule has 0 bridgehead atoms. The SMILES string of the molecule is COc1ccc(CNc2cc(C)c3ccc(Cl)cc3n2)cc1. The zero-order valence-corrected chi connectivity index (χ0v) is 13.3. The number of halogens is 1. The number of aryl methyl sites for hydroxylation is 1. The van der Waals surface area contributed by atoms with Gasteiger partial charge in [0, 0.05) is 17.0 Å². The van der Waals surface area contributed by atoms with E-state index in [0.717, 1.165) is 22.5 Å². The molecule has 0 saturated carbocycles. The second-order valence-corrected chi connectivity index (χ2v) is 5.62. The van der Waals surface area contributed by atoms with E-state index in [1.165, 1.54) is 11.1 Å². The van der Waals surface area contributed by atoms with E-state index in [9.17, 15) is 0 Å². The molecule has 0 fully saturated rings. The third kappa shape index (κ3) is 3.15. The van der Waals surface area contributed by atoms with Crippen molar-refractivity contribution in [1.82, 2.24) is 4.98 Å². The summed E-state index contributed by atoms with van der Waals surface area (Å²) >= 11 is 6.05. The van der Waals surface area contributed by atoms with Crippen molar-refractivity contribution in [3.05, 3.63) is 64.7 Å². The lowest BCUT2D eigenvalue weighted by Crippen LogP contribution is -2.02. The lowest BCUT2D eigenvalue weighted by atomic mass is 10.1. The van der Waals surface area contributed by atoms with Gasteiger partial charge in [0.1, 0.15) is 11.6 Å². The first-order valence-electron chi connectivity index (χ1n) is 7.09. The second kappa shape index (κ2) is 6.24. The van der Waals surface area contributed by atoms with Crippen molar-refractivity contribution < 1.29 is 4.74 Å². The fourth-order valence-corrected chi connectivity index (χ4v) is 2.57. The van der Waals surface area contributed by atoms with Crippen molar-refractivity contribution in [2.24, 2.45) is 0 Å². The van der Waals surface area contributed by atoms with Gasteiger partial charge in [0.15, 0.2) is 0 Å². The van der Waals surface area contributed by atoms with E-state index < -0.39 is 0 Å². The van der Waals surface area contributed by atoms with E-state index >= 15 is 0 Å². The third-order valence-corrected chi connectivity index (χ3v) is 3.85. The van der Waals surface area contributed by atoms with Crippen molar-refractivity contribution in [2.45, 2.75) is 13.5 Å². The van der Waals surface area contributed by atoms with E-state index in [0.29, 0.717) is 11.6 Å². The van der Waals surface area contributed by atoms with Crippen molar-refractivity contribution in [3.8, 4) is 5.75 Å². The zero-order valence-electron chi connectivity index (χ0n) is 12.6. The van der Waals surface area contributed by atoms with Crippen molar-refractivity contribution in [1.29, 1.82) is 0 Å². The highest BCUT2D eigenvalue weighted by Gasteiger charge is 2.04. The van der Waals surface area contributed by atoms with Crippen LogP contribution in [0, 0.1) is 6.92 Å². The smallest absolute Gasteiger partial charge is 0.127 e. The normalized spacial score (nSPS) is 10.7. The topological polar surface area (TPSA) is 34.1 Å². The molecular formula is C18H17ClN2O. The molecule has 0 radical (unpaired) electrons. The summed E-state index contributed by atoms with van der Waals surface area (Å²) < 4.78 is 5.16. The molecule has 0 atom stereocenters. The number of anilines is 1. The van der Waals surface area contributed by atoms with Gasteiger partial charge in [-0.2, -0.15) is 0 Å². The van der Waals surface area contributed by atoms with Gasteiger partial charge in [-0.15, -0.1) is 0 Å². The predicted octanol–water partition coefficient (Wildman–Crippen LogP) is 4.82. The Morgan fingerprint density at radius 2 is 1.86 bits per heavy atom. The number of hydrogen-bond donors (Lipinski definition) is 1. The van der Waals surface area contributed by atoms with Gasteiger partial charge in [-0.05, 0) is 48.4 Å². The average molecular weight is 313 g/mol. The minimum atomic E-state index is 0.701. The molecule has 0 amide bonds. The lowest BCUT2D eigenvalue weighted by Gasteiger charge is -2.10. The number of nitrogens with one attached hydrogen (secondary N) is 1. The maximum atomic E-state index is 6.05. The number of ether oxygens (including phenoxy) is 1. The van der Waals surface area contributed by atoms with Gasteiger partial charge >= 0.3 is 0 Å². The molecule has 112 valence electrons. The van der Waals surface area contributed by atoms with Crippen LogP contribution in [0.3, 0.4) is 0 Å². The molecule has 0 aliphatic carbocycles. The van der Waals surface area contributed by atoms with Gasteiger partial charge in [0.05, 0.1) is 12.6 Å². The maximum absolute atomic E-state index is 6.05. The quantitative estimate of drug-likeness (QED) is 0.750. The van der Waals surface area contributed by atoms with Crippen LogP contribution in [0.1, 0.15) is 11.1 Å². The Kier molecular flexibility index (Phi) is 4.16. The van der Waals surface area contributed by atoms with Crippen LogP contribution in [0.15, 0.2) is 48.5 Å². The molecular weight excluding hydrogens is 296 g/mol. The van der Waals surface area contributed by atoms with Gasteiger partial charge in [-0.1, -0.05) is 29.8 Å². The minimum Gasteiger partial charge on any atom is -0.497 e. The minimum absolute atomic E-state index is 0.701. The van der Waals surface area contributed by atoms with Crippen molar-refractivity contribution in [3.63, 3.8) is 0 Å². The Morgan fingerprint density at radius 3 is 2.59 bits per heavy atom. The number of hydrogen-bond acceptors (Lipinski definition) is 3. The monoisotopic (exact) mass is 312 g/mol. The molecule has 1 heterocycles. The molecule has 1 aromatic heterocycles. The highest BCUT2D eigenvalue weighted by molar-refractivity contribution is 6.31. The van der Waals surface area contributed by atoms with E-state index in [1.807, 2.05) is 42.5 Å². The van der Waals surface area contributed by atoms with Crippen LogP contribution >= 0.6 is 11.6 Å². The van der Waals surface area contributed by atoms with Gasteiger partial charge in [-0.25, -0.2) is 4.98 Å². The molecule has 0 unspecified atom stereocenters. The molecule has 2 aromatic carbocycles. The highest BCUT2D eigenvalue weighted by atomic mass is 35.5. The summed E-state index contributed by atoms with van der Waals surface area (Å²) in [5, 5.41) is 5.18. The first kappa shape index (κ1) is 14.7. The van der Waals surface area contributed by atoms with E-state index in [2.05, 4.69) is 23.3 Å². The van der Waals surface area contributed by atoms with Crippen LogP contribution in [0.4, 0.5) is 5.82 Å². The van der Waals surface area contributed by atoms with Crippen LogP contribution < -0.4 is 10.1 Å². The average Bonchev–Trinajstić information content (AvgIpc) is 2.53. The first-order chi connectivity index (χ1) is 10.7. The fourth-order valence-electron chi connectivity index (χ4n) is 2.40. The van der Waals surface area contributed by atoms with Crippen LogP contribution in [0.5, 0.6) is 5.75 Å². The van der Waals surface area contributed by atoms with Gasteiger partial charge < -0.3 is 10.1 Å². The summed E-state index contributed by atoms with van der Waals surface area (Å²) in [6, 6.07) is 15.8. The standard InChI is InChI=1S/C18H17ClN2O/c1-12-9-18(21-17-10-14(19)5-8-16(12)17)20-11-13-3-6-15(22-2)7-4-13/h3-10H,11H2,1-2H3,(H,20,21). The maximum Gasteiger partial charge on any atom is 0.127 e. The van der Waals surface area contributed by atoms with E-state index in [1.54, 1.807) is 7.11 Å². The Labute approximate surface area is 134 Å². The largest absolute Gasteiger partial charge is 0.497 e. The number of nitrogens with zero attached hydrogens (tertiary/aromatic N) is 1. The number of rotatable bonds is 4. The number of aromatic nitrogens is 1. The molecule has 0 aliphatic heterocycles. The van der Waals surface area contributed by atoms with Gasteiger partial charge in [-0.3, -0.25) is 0 Å². The van der Waals surface area contributed by atoms with E-state index in [-0.39, 0.29) is 0 Å². The molecule has 3 aromatic rings. The summed E-state index contributed by atoms with van der Waals surface area (Å²) in [5.74, 6) is 1.71. The van der Waals surface area contributed by atoms with Crippen LogP contribution in [0.2, 0.25) is 5.02 Å². The van der Waals surface area contributed by atoms with Gasteiger partial charge in [0.25, 0.3) is 0 Å². The fraction of sp³-hybridized carbons (Fsp3) is 0.167. The second-order valence-electron chi connectivity index (χ2n) is 5.19. The van der Waals surface area contributed by atoms with Crippen molar-refractivity contribution in [2.75, 3.05) is 12.4 Å². The van der Waals surface area contributed by atoms with E-state index in [4.69, 9.17) is 16.3 Å². The molecule has 0 spiro atoms. The molecule has 1 N–H and O–H groups in total.